The van der Waals surface area contributed by atoms with Gasteiger partial charge in [-0.3, -0.25) is 19.3 Å². The van der Waals surface area contributed by atoms with Crippen LogP contribution in [0.15, 0.2) is 18.2 Å². The van der Waals surface area contributed by atoms with Crippen molar-refractivity contribution in [3.8, 4) is 11.5 Å². The van der Waals surface area contributed by atoms with Gasteiger partial charge in [-0.15, -0.1) is 0 Å². The molecule has 0 saturated carbocycles. The number of nitrogens with two attached hydrogens (primary N) is 1. The van der Waals surface area contributed by atoms with Gasteiger partial charge in [0.1, 0.15) is 0 Å². The van der Waals surface area contributed by atoms with E-state index in [9.17, 15) is 19.5 Å². The first-order valence-corrected chi connectivity index (χ1v) is 12.8. The van der Waals surface area contributed by atoms with Crippen molar-refractivity contribution in [1.29, 1.82) is 0 Å². The maximum Gasteiger partial charge on any atom is 0.308 e. The number of ether oxygens (including phenoxy) is 2. The van der Waals surface area contributed by atoms with Crippen molar-refractivity contribution in [3.63, 3.8) is 0 Å². The van der Waals surface area contributed by atoms with Crippen molar-refractivity contribution < 1.29 is 29.0 Å². The molecule has 2 aliphatic rings. The summed E-state index contributed by atoms with van der Waals surface area (Å²) in [4.78, 5) is 43.2. The van der Waals surface area contributed by atoms with E-state index in [0.29, 0.717) is 50.6 Å². The first-order valence-electron chi connectivity index (χ1n) is 12.8. The van der Waals surface area contributed by atoms with E-state index in [1.54, 1.807) is 11.9 Å². The number of hydrogen-bond donors (Lipinski definition) is 2. The number of fused-ring (bicyclic) bond motifs is 1. The van der Waals surface area contributed by atoms with Gasteiger partial charge >= 0.3 is 5.97 Å². The maximum absolute atomic E-state index is 13.4. The Morgan fingerprint density at radius 2 is 1.86 bits per heavy atom. The number of nitrogens with zero attached hydrogens (tertiary/aromatic N) is 3. The summed E-state index contributed by atoms with van der Waals surface area (Å²) in [5.41, 5.74) is 6.54. The molecule has 1 aromatic carbocycles. The molecule has 2 amide bonds. The first kappa shape index (κ1) is 27.7. The third-order valence-electron chi connectivity index (χ3n) is 7.26. The van der Waals surface area contributed by atoms with Crippen LogP contribution in [0.25, 0.3) is 0 Å². The third kappa shape index (κ3) is 6.67. The molecule has 2 heterocycles. The summed E-state index contributed by atoms with van der Waals surface area (Å²) in [6, 6.07) is 5.14. The highest BCUT2D eigenvalue weighted by atomic mass is 16.7. The van der Waals surface area contributed by atoms with E-state index in [2.05, 4.69) is 6.92 Å². The van der Waals surface area contributed by atoms with E-state index in [0.717, 1.165) is 24.8 Å². The van der Waals surface area contributed by atoms with Crippen LogP contribution in [-0.2, 0) is 14.4 Å². The number of unbranched alkanes of at least 4 members (excludes halogenated alkanes) is 1. The first-order chi connectivity index (χ1) is 17.3. The standard InChI is InChI=1S/C26H40N4O6/c1-4-5-11-29(12-6-10-27)24(32)16-30-15-20(19-7-8-22-23(14-19)36-17-35-22)25(26(33)34)21(30)9-13-28(3)18(2)31/h7-8,14,20-21,25H,4-6,9-13,15-17,27H2,1-3H3,(H,33,34)/t20-,21+,25?/m1/s1. The lowest BCUT2D eigenvalue weighted by molar-refractivity contribution is -0.144. The van der Waals surface area contributed by atoms with Crippen molar-refractivity contribution in [2.75, 3.05) is 53.1 Å². The summed E-state index contributed by atoms with van der Waals surface area (Å²) < 4.78 is 10.9. The number of carboxylic acid groups (broad SMARTS) is 1. The third-order valence-corrected chi connectivity index (χ3v) is 7.26. The Morgan fingerprint density at radius 1 is 1.14 bits per heavy atom. The van der Waals surface area contributed by atoms with Gasteiger partial charge in [-0.1, -0.05) is 19.4 Å². The largest absolute Gasteiger partial charge is 0.481 e. The molecule has 3 atom stereocenters. The number of hydrogen-bond acceptors (Lipinski definition) is 7. The summed E-state index contributed by atoms with van der Waals surface area (Å²) in [7, 11) is 1.71. The SMILES string of the molecule is CCCCN(CCCN)C(=O)CN1C[C@H](c2ccc3c(c2)OCO3)C(C(=O)O)[C@@H]1CCN(C)C(C)=O. The van der Waals surface area contributed by atoms with Gasteiger partial charge < -0.3 is 30.1 Å². The number of likely N-dealkylation sites (tertiary alicyclic amines) is 1. The molecule has 3 N–H and O–H groups in total. The highest BCUT2D eigenvalue weighted by Crippen LogP contribution is 2.42. The monoisotopic (exact) mass is 504 g/mol. The highest BCUT2D eigenvalue weighted by Gasteiger charge is 2.47. The second-order valence-corrected chi connectivity index (χ2v) is 9.69. The Bertz CT molecular complexity index is 918. The summed E-state index contributed by atoms with van der Waals surface area (Å²) in [5.74, 6) is -0.820. The molecule has 1 aromatic rings. The number of carboxylic acids is 1. The fraction of sp³-hybridized carbons (Fsp3) is 0.654. The maximum atomic E-state index is 13.4. The molecular formula is C26H40N4O6. The van der Waals surface area contributed by atoms with Crippen LogP contribution in [0.2, 0.25) is 0 Å². The average Bonchev–Trinajstić information content (AvgIpc) is 3.46. The number of benzene rings is 1. The van der Waals surface area contributed by atoms with Gasteiger partial charge in [-0.05, 0) is 43.5 Å². The molecule has 2 aliphatic heterocycles. The smallest absolute Gasteiger partial charge is 0.308 e. The Morgan fingerprint density at radius 3 is 2.53 bits per heavy atom. The minimum atomic E-state index is -0.908. The molecule has 36 heavy (non-hydrogen) atoms. The number of rotatable bonds is 13. The molecule has 3 rings (SSSR count). The van der Waals surface area contributed by atoms with Crippen molar-refractivity contribution in [1.82, 2.24) is 14.7 Å². The zero-order valence-electron chi connectivity index (χ0n) is 21.6. The molecule has 10 heteroatoms. The number of amides is 2. The lowest BCUT2D eigenvalue weighted by atomic mass is 9.84. The van der Waals surface area contributed by atoms with Gasteiger partial charge in [-0.2, -0.15) is 0 Å². The highest BCUT2D eigenvalue weighted by molar-refractivity contribution is 5.79. The van der Waals surface area contributed by atoms with Crippen LogP contribution in [0.3, 0.4) is 0 Å². The number of aliphatic carboxylic acids is 1. The Hall–Kier alpha value is -2.85. The molecule has 0 spiro atoms. The van der Waals surface area contributed by atoms with Crippen molar-refractivity contribution in [2.24, 2.45) is 11.7 Å². The van der Waals surface area contributed by atoms with E-state index < -0.39 is 17.9 Å². The van der Waals surface area contributed by atoms with Crippen LogP contribution >= 0.6 is 0 Å². The molecule has 0 aliphatic carbocycles. The van der Waals surface area contributed by atoms with Gasteiger partial charge in [0.05, 0.1) is 12.5 Å². The quantitative estimate of drug-likeness (QED) is 0.416. The normalized spacial score (nSPS) is 20.9. The minimum Gasteiger partial charge on any atom is -0.481 e. The van der Waals surface area contributed by atoms with Crippen LogP contribution in [-0.4, -0.2) is 96.7 Å². The second-order valence-electron chi connectivity index (χ2n) is 9.69. The summed E-state index contributed by atoms with van der Waals surface area (Å²) in [5, 5.41) is 10.3. The predicted molar refractivity (Wildman–Crippen MR) is 135 cm³/mol. The molecule has 1 unspecified atom stereocenters. The Labute approximate surface area is 213 Å². The van der Waals surface area contributed by atoms with Gasteiger partial charge in [0.2, 0.25) is 18.6 Å². The average molecular weight is 505 g/mol. The van der Waals surface area contributed by atoms with E-state index in [-0.39, 0.29) is 31.1 Å². The van der Waals surface area contributed by atoms with Crippen LogP contribution in [0, 0.1) is 5.92 Å². The Balaban J connectivity index is 1.86. The van der Waals surface area contributed by atoms with Gasteiger partial charge in [0.15, 0.2) is 11.5 Å². The number of carbonyl (C=O) groups is 3. The molecule has 1 saturated heterocycles. The molecule has 0 aromatic heterocycles. The Kier molecular flexibility index (Phi) is 9.95. The molecule has 0 radical (unpaired) electrons. The van der Waals surface area contributed by atoms with Gasteiger partial charge in [0, 0.05) is 52.1 Å². The van der Waals surface area contributed by atoms with Crippen LogP contribution in [0.5, 0.6) is 11.5 Å². The van der Waals surface area contributed by atoms with Crippen molar-refractivity contribution in [3.05, 3.63) is 23.8 Å². The minimum absolute atomic E-state index is 0.0164. The topological polar surface area (TPSA) is 126 Å². The lowest BCUT2D eigenvalue weighted by Crippen LogP contribution is -2.46. The lowest BCUT2D eigenvalue weighted by Gasteiger charge is -2.30. The van der Waals surface area contributed by atoms with E-state index in [1.807, 2.05) is 28.0 Å². The van der Waals surface area contributed by atoms with E-state index in [4.69, 9.17) is 15.2 Å². The fourth-order valence-corrected chi connectivity index (χ4v) is 5.08. The molecule has 0 bridgehead atoms. The summed E-state index contributed by atoms with van der Waals surface area (Å²) in [6.07, 6.45) is 3.06. The summed E-state index contributed by atoms with van der Waals surface area (Å²) >= 11 is 0. The van der Waals surface area contributed by atoms with Gasteiger partial charge in [-0.25, -0.2) is 0 Å². The second kappa shape index (κ2) is 12.9. The number of carbonyl (C=O) groups excluding carboxylic acids is 2. The zero-order valence-corrected chi connectivity index (χ0v) is 21.6. The van der Waals surface area contributed by atoms with Crippen molar-refractivity contribution >= 4 is 17.8 Å². The fourth-order valence-electron chi connectivity index (χ4n) is 5.08. The molecule has 200 valence electrons. The van der Waals surface area contributed by atoms with Crippen LogP contribution in [0.1, 0.15) is 51.0 Å². The van der Waals surface area contributed by atoms with E-state index in [1.165, 1.54) is 6.92 Å². The van der Waals surface area contributed by atoms with Crippen LogP contribution < -0.4 is 15.2 Å². The van der Waals surface area contributed by atoms with Crippen molar-refractivity contribution in [2.45, 2.75) is 51.5 Å². The molecule has 10 nitrogen and oxygen atoms in total. The molecular weight excluding hydrogens is 464 g/mol. The zero-order chi connectivity index (χ0) is 26.2. The van der Waals surface area contributed by atoms with Gasteiger partial charge in [0.25, 0.3) is 0 Å². The predicted octanol–water partition coefficient (Wildman–Crippen LogP) is 1.73. The molecule has 1 fully saturated rings. The summed E-state index contributed by atoms with van der Waals surface area (Å²) in [6.45, 7) is 6.45. The van der Waals surface area contributed by atoms with E-state index >= 15 is 0 Å². The van der Waals surface area contributed by atoms with Crippen LogP contribution in [0.4, 0.5) is 0 Å².